The van der Waals surface area contributed by atoms with E-state index in [1.807, 2.05) is 0 Å². The van der Waals surface area contributed by atoms with Crippen LogP contribution in [0.1, 0.15) is 32.6 Å². The summed E-state index contributed by atoms with van der Waals surface area (Å²) in [6.07, 6.45) is 5.57. The van der Waals surface area contributed by atoms with E-state index in [1.165, 1.54) is 25.7 Å². The van der Waals surface area contributed by atoms with Crippen molar-refractivity contribution < 1.29 is 0 Å². The first-order valence-electron chi connectivity index (χ1n) is 4.00. The lowest BCUT2D eigenvalue weighted by Crippen LogP contribution is -2.40. The molecule has 2 fully saturated rings. The van der Waals surface area contributed by atoms with E-state index in [4.69, 9.17) is 5.73 Å². The van der Waals surface area contributed by atoms with Gasteiger partial charge in [-0.15, -0.1) is 0 Å². The Labute approximate surface area is 56.6 Å². The van der Waals surface area contributed by atoms with Crippen LogP contribution in [0.4, 0.5) is 0 Å². The highest BCUT2D eigenvalue weighted by Crippen LogP contribution is 2.50. The van der Waals surface area contributed by atoms with Gasteiger partial charge in [-0.2, -0.15) is 0 Å². The van der Waals surface area contributed by atoms with Crippen LogP contribution in [0.3, 0.4) is 0 Å². The van der Waals surface area contributed by atoms with Crippen molar-refractivity contribution in [2.45, 2.75) is 38.1 Å². The highest BCUT2D eigenvalue weighted by atomic mass is 14.8. The predicted octanol–water partition coefficient (Wildman–Crippen LogP) is 1.52. The van der Waals surface area contributed by atoms with Gasteiger partial charge >= 0.3 is 0 Å². The molecule has 0 bridgehead atoms. The molecule has 52 valence electrons. The summed E-state index contributed by atoms with van der Waals surface area (Å²) < 4.78 is 0. The average Bonchev–Trinajstić information content (AvgIpc) is 2.62. The second kappa shape index (κ2) is 1.51. The van der Waals surface area contributed by atoms with E-state index in [1.54, 1.807) is 0 Å². The minimum absolute atomic E-state index is 0.222. The summed E-state index contributed by atoms with van der Waals surface area (Å²) in [5.41, 5.74) is 6.35. The number of hydrogen-bond donors (Lipinski definition) is 1. The van der Waals surface area contributed by atoms with Crippen LogP contribution < -0.4 is 5.73 Å². The Balaban J connectivity index is 2.01. The molecule has 0 aliphatic heterocycles. The van der Waals surface area contributed by atoms with Gasteiger partial charge in [0.2, 0.25) is 0 Å². The lowest BCUT2D eigenvalue weighted by molar-refractivity contribution is 0.356. The first-order chi connectivity index (χ1) is 4.21. The van der Waals surface area contributed by atoms with Crippen LogP contribution in [0.25, 0.3) is 0 Å². The van der Waals surface area contributed by atoms with Crippen LogP contribution in [-0.4, -0.2) is 5.54 Å². The Morgan fingerprint density at radius 3 is 1.67 bits per heavy atom. The summed E-state index contributed by atoms with van der Waals surface area (Å²) in [5, 5.41) is 0. The van der Waals surface area contributed by atoms with Gasteiger partial charge in [-0.3, -0.25) is 0 Å². The highest BCUT2D eigenvalue weighted by molar-refractivity contribution is 5.04. The van der Waals surface area contributed by atoms with Crippen molar-refractivity contribution in [3.8, 4) is 0 Å². The predicted molar refractivity (Wildman–Crippen MR) is 38.0 cm³/mol. The fourth-order valence-corrected chi connectivity index (χ4v) is 1.74. The van der Waals surface area contributed by atoms with Crippen LogP contribution in [-0.2, 0) is 0 Å². The third-order valence-electron chi connectivity index (χ3n) is 2.91. The molecule has 2 N–H and O–H groups in total. The second-order valence-electron chi connectivity index (χ2n) is 3.91. The Bertz CT molecular complexity index is 107. The summed E-state index contributed by atoms with van der Waals surface area (Å²) in [5.74, 6) is 1.76. The zero-order valence-electron chi connectivity index (χ0n) is 6.06. The zero-order chi connectivity index (χ0) is 6.48. The van der Waals surface area contributed by atoms with E-state index in [0.717, 1.165) is 11.8 Å². The molecular weight excluding hydrogens is 110 g/mol. The van der Waals surface area contributed by atoms with Crippen molar-refractivity contribution in [2.24, 2.45) is 17.6 Å². The molecule has 2 saturated carbocycles. The molecule has 2 rings (SSSR count). The molecule has 9 heavy (non-hydrogen) atoms. The first kappa shape index (κ1) is 5.72. The van der Waals surface area contributed by atoms with Gasteiger partial charge in [0.1, 0.15) is 0 Å². The minimum atomic E-state index is 0.222. The molecule has 0 unspecified atom stereocenters. The van der Waals surface area contributed by atoms with Crippen LogP contribution in [0.2, 0.25) is 0 Å². The van der Waals surface area contributed by atoms with Gasteiger partial charge in [0.15, 0.2) is 0 Å². The maximum Gasteiger partial charge on any atom is 0.0182 e. The summed E-state index contributed by atoms with van der Waals surface area (Å²) in [6, 6.07) is 0. The summed E-state index contributed by atoms with van der Waals surface area (Å²) in [4.78, 5) is 0. The quantitative estimate of drug-likeness (QED) is 0.595. The van der Waals surface area contributed by atoms with E-state index in [9.17, 15) is 0 Å². The molecular formula is C8H15N. The molecule has 0 aromatic rings. The molecule has 0 heterocycles. The van der Waals surface area contributed by atoms with Crippen molar-refractivity contribution in [3.63, 3.8) is 0 Å². The second-order valence-corrected chi connectivity index (χ2v) is 3.91. The average molecular weight is 125 g/mol. The lowest BCUT2D eigenvalue weighted by Gasteiger charge is -2.23. The van der Waals surface area contributed by atoms with Gasteiger partial charge in [-0.25, -0.2) is 0 Å². The maximum absolute atomic E-state index is 6.13. The van der Waals surface area contributed by atoms with E-state index < -0.39 is 0 Å². The fraction of sp³-hybridized carbons (Fsp3) is 1.00. The fourth-order valence-electron chi connectivity index (χ4n) is 1.74. The summed E-state index contributed by atoms with van der Waals surface area (Å²) in [7, 11) is 0. The van der Waals surface area contributed by atoms with Gasteiger partial charge in [0, 0.05) is 5.54 Å². The van der Waals surface area contributed by atoms with Gasteiger partial charge < -0.3 is 5.73 Å². The maximum atomic E-state index is 6.13. The van der Waals surface area contributed by atoms with Crippen molar-refractivity contribution in [1.82, 2.24) is 0 Å². The van der Waals surface area contributed by atoms with Crippen LogP contribution in [0, 0.1) is 11.8 Å². The third-order valence-corrected chi connectivity index (χ3v) is 2.91. The minimum Gasteiger partial charge on any atom is -0.325 e. The van der Waals surface area contributed by atoms with E-state index in [-0.39, 0.29) is 5.54 Å². The SMILES string of the molecule is CC(N)(C1CC1)C1CC1. The standard InChI is InChI=1S/C8H15N/c1-8(9,6-2-3-6)7-4-5-7/h6-7H,2-5,9H2,1H3. The molecule has 2 aliphatic rings. The molecule has 0 saturated heterocycles. The van der Waals surface area contributed by atoms with Crippen LogP contribution in [0.5, 0.6) is 0 Å². The molecule has 0 spiro atoms. The largest absolute Gasteiger partial charge is 0.325 e. The first-order valence-corrected chi connectivity index (χ1v) is 4.00. The lowest BCUT2D eigenvalue weighted by atomic mass is 9.91. The molecule has 0 radical (unpaired) electrons. The van der Waals surface area contributed by atoms with E-state index in [0.29, 0.717) is 0 Å². The molecule has 1 nitrogen and oxygen atoms in total. The van der Waals surface area contributed by atoms with Gasteiger partial charge in [0.25, 0.3) is 0 Å². The third kappa shape index (κ3) is 0.877. The normalized spacial score (nSPS) is 28.7. The number of rotatable bonds is 2. The van der Waals surface area contributed by atoms with Gasteiger partial charge in [-0.05, 0) is 44.4 Å². The molecule has 0 aromatic carbocycles. The molecule has 0 amide bonds. The zero-order valence-corrected chi connectivity index (χ0v) is 6.06. The van der Waals surface area contributed by atoms with E-state index >= 15 is 0 Å². The van der Waals surface area contributed by atoms with Crippen molar-refractivity contribution >= 4 is 0 Å². The summed E-state index contributed by atoms with van der Waals surface area (Å²) >= 11 is 0. The topological polar surface area (TPSA) is 26.0 Å². The monoisotopic (exact) mass is 125 g/mol. The molecule has 1 heteroatoms. The van der Waals surface area contributed by atoms with Crippen LogP contribution in [0.15, 0.2) is 0 Å². The number of nitrogens with two attached hydrogens (primary N) is 1. The Kier molecular flexibility index (Phi) is 0.963. The van der Waals surface area contributed by atoms with Crippen molar-refractivity contribution in [3.05, 3.63) is 0 Å². The smallest absolute Gasteiger partial charge is 0.0182 e. The molecule has 0 atom stereocenters. The Morgan fingerprint density at radius 1 is 1.11 bits per heavy atom. The molecule has 0 aromatic heterocycles. The van der Waals surface area contributed by atoms with Gasteiger partial charge in [-0.1, -0.05) is 0 Å². The van der Waals surface area contributed by atoms with Gasteiger partial charge in [0.05, 0.1) is 0 Å². The molecule has 2 aliphatic carbocycles. The highest BCUT2D eigenvalue weighted by Gasteiger charge is 2.48. The number of hydrogen-bond acceptors (Lipinski definition) is 1. The Hall–Kier alpha value is -0.0400. The van der Waals surface area contributed by atoms with E-state index in [2.05, 4.69) is 6.92 Å². The van der Waals surface area contributed by atoms with Crippen LogP contribution >= 0.6 is 0 Å². The van der Waals surface area contributed by atoms with Crippen molar-refractivity contribution in [2.75, 3.05) is 0 Å². The van der Waals surface area contributed by atoms with Crippen molar-refractivity contribution in [1.29, 1.82) is 0 Å². The Morgan fingerprint density at radius 2 is 1.44 bits per heavy atom. The summed E-state index contributed by atoms with van der Waals surface area (Å²) in [6.45, 7) is 2.24.